The van der Waals surface area contributed by atoms with E-state index in [-0.39, 0.29) is 0 Å². The van der Waals surface area contributed by atoms with E-state index in [2.05, 4.69) is 20.9 Å². The van der Waals surface area contributed by atoms with Crippen LogP contribution < -0.4 is 4.90 Å². The average molecular weight is 282 g/mol. The van der Waals surface area contributed by atoms with Crippen molar-refractivity contribution < 1.29 is 4.74 Å². The van der Waals surface area contributed by atoms with Crippen molar-refractivity contribution in [3.8, 4) is 6.07 Å². The molecule has 0 aromatic carbocycles. The predicted octanol–water partition coefficient (Wildman–Crippen LogP) is 1.63. The van der Waals surface area contributed by atoms with Gasteiger partial charge < -0.3 is 9.64 Å². The summed E-state index contributed by atoms with van der Waals surface area (Å²) < 4.78 is 5.32. The van der Waals surface area contributed by atoms with Gasteiger partial charge in [0.2, 0.25) is 5.95 Å². The first-order valence-corrected chi connectivity index (χ1v) is 7.98. The number of morpholine rings is 1. The Morgan fingerprint density at radius 2 is 1.72 bits per heavy atom. The molecule has 1 aromatic rings. The first kappa shape index (κ1) is 13.5. The number of thioether (sulfide) groups is 2. The van der Waals surface area contributed by atoms with E-state index >= 15 is 0 Å². The lowest BCUT2D eigenvalue weighted by molar-refractivity contribution is 0.122. The summed E-state index contributed by atoms with van der Waals surface area (Å²) in [4.78, 5) is 11.1. The van der Waals surface area contributed by atoms with Gasteiger partial charge in [0.25, 0.3) is 0 Å². The molecule has 0 atom stereocenters. The van der Waals surface area contributed by atoms with Crippen LogP contribution in [0.25, 0.3) is 0 Å². The summed E-state index contributed by atoms with van der Waals surface area (Å²) >= 11 is 2.97. The molecule has 7 heteroatoms. The first-order valence-electron chi connectivity index (χ1n) is 5.53. The summed E-state index contributed by atoms with van der Waals surface area (Å²) in [6.45, 7) is 3.00. The highest BCUT2D eigenvalue weighted by Crippen LogP contribution is 2.28. The van der Waals surface area contributed by atoms with Crippen LogP contribution in [0, 0.1) is 11.3 Å². The second kappa shape index (κ2) is 6.27. The zero-order chi connectivity index (χ0) is 13.0. The highest BCUT2D eigenvalue weighted by molar-refractivity contribution is 7.99. The van der Waals surface area contributed by atoms with Gasteiger partial charge in [-0.1, -0.05) is 0 Å². The molecule has 18 heavy (non-hydrogen) atoms. The molecule has 2 rings (SSSR count). The molecule has 96 valence electrons. The fourth-order valence-corrected chi connectivity index (χ4v) is 2.81. The summed E-state index contributed by atoms with van der Waals surface area (Å²) in [7, 11) is 0. The molecule has 0 amide bonds. The van der Waals surface area contributed by atoms with Gasteiger partial charge in [0, 0.05) is 13.1 Å². The Labute approximate surface area is 115 Å². The van der Waals surface area contributed by atoms with Gasteiger partial charge in [-0.2, -0.15) is 5.26 Å². The van der Waals surface area contributed by atoms with Gasteiger partial charge in [-0.15, -0.1) is 23.5 Å². The number of aromatic nitrogens is 2. The van der Waals surface area contributed by atoms with E-state index in [1.807, 2.05) is 12.5 Å². The first-order chi connectivity index (χ1) is 8.80. The minimum Gasteiger partial charge on any atom is -0.378 e. The third-order valence-electron chi connectivity index (χ3n) is 2.62. The largest absolute Gasteiger partial charge is 0.378 e. The van der Waals surface area contributed by atoms with E-state index in [0.717, 1.165) is 23.1 Å². The third-order valence-corrected chi connectivity index (χ3v) is 3.99. The Morgan fingerprint density at radius 3 is 2.17 bits per heavy atom. The molecular weight excluding hydrogens is 268 g/mol. The lowest BCUT2D eigenvalue weighted by Crippen LogP contribution is -2.37. The number of nitrogens with zero attached hydrogens (tertiary/aromatic N) is 4. The average Bonchev–Trinajstić information content (AvgIpc) is 2.46. The van der Waals surface area contributed by atoms with Crippen LogP contribution in [0.2, 0.25) is 0 Å². The molecule has 0 spiro atoms. The summed E-state index contributed by atoms with van der Waals surface area (Å²) in [5, 5.41) is 10.7. The lowest BCUT2D eigenvalue weighted by atomic mass is 10.4. The standard InChI is InChI=1S/C11H14N4OS2/c1-17-9-8(7-12)10(18-2)14-11(13-9)15-3-5-16-6-4-15/h3-6H2,1-2H3. The van der Waals surface area contributed by atoms with Crippen molar-refractivity contribution in [3.05, 3.63) is 5.56 Å². The second-order valence-electron chi connectivity index (χ2n) is 3.63. The second-order valence-corrected chi connectivity index (χ2v) is 5.22. The van der Waals surface area contributed by atoms with Gasteiger partial charge in [0.1, 0.15) is 21.7 Å². The van der Waals surface area contributed by atoms with Gasteiger partial charge >= 0.3 is 0 Å². The van der Waals surface area contributed by atoms with Crippen molar-refractivity contribution in [1.82, 2.24) is 9.97 Å². The Bertz CT molecular complexity index is 444. The van der Waals surface area contributed by atoms with E-state index in [1.165, 1.54) is 23.5 Å². The van der Waals surface area contributed by atoms with Crippen LogP contribution in [0.15, 0.2) is 10.1 Å². The molecule has 0 N–H and O–H groups in total. The molecular formula is C11H14N4OS2. The number of hydrogen-bond donors (Lipinski definition) is 0. The smallest absolute Gasteiger partial charge is 0.227 e. The van der Waals surface area contributed by atoms with Crippen LogP contribution >= 0.6 is 23.5 Å². The topological polar surface area (TPSA) is 62.0 Å². The number of nitriles is 1. The summed E-state index contributed by atoms with van der Waals surface area (Å²) in [5.74, 6) is 0.700. The maximum atomic E-state index is 9.17. The Balaban J connectivity index is 2.39. The normalized spacial score (nSPS) is 15.5. The molecule has 0 unspecified atom stereocenters. The highest BCUT2D eigenvalue weighted by Gasteiger charge is 2.19. The van der Waals surface area contributed by atoms with E-state index in [0.29, 0.717) is 24.7 Å². The van der Waals surface area contributed by atoms with Crippen molar-refractivity contribution in [2.45, 2.75) is 10.1 Å². The zero-order valence-electron chi connectivity index (χ0n) is 10.3. The third kappa shape index (κ3) is 2.71. The van der Waals surface area contributed by atoms with Gasteiger partial charge in [-0.3, -0.25) is 0 Å². The molecule has 0 aliphatic carbocycles. The molecule has 1 saturated heterocycles. The summed E-state index contributed by atoms with van der Waals surface area (Å²) in [6.07, 6.45) is 3.85. The quantitative estimate of drug-likeness (QED) is 0.616. The van der Waals surface area contributed by atoms with Crippen molar-refractivity contribution in [3.63, 3.8) is 0 Å². The van der Waals surface area contributed by atoms with E-state index in [9.17, 15) is 5.26 Å². The van der Waals surface area contributed by atoms with Crippen LogP contribution in [0.5, 0.6) is 0 Å². The highest BCUT2D eigenvalue weighted by atomic mass is 32.2. The molecule has 0 radical (unpaired) electrons. The molecule has 1 aliphatic heterocycles. The van der Waals surface area contributed by atoms with Gasteiger partial charge in [-0.05, 0) is 12.5 Å². The minimum atomic E-state index is 0.576. The summed E-state index contributed by atoms with van der Waals surface area (Å²) in [5.41, 5.74) is 0.576. The minimum absolute atomic E-state index is 0.576. The van der Waals surface area contributed by atoms with Gasteiger partial charge in [0.05, 0.1) is 13.2 Å². The molecule has 0 bridgehead atoms. The van der Waals surface area contributed by atoms with Crippen molar-refractivity contribution in [2.75, 3.05) is 43.7 Å². The molecule has 1 aromatic heterocycles. The Kier molecular flexibility index (Phi) is 4.69. The monoisotopic (exact) mass is 282 g/mol. The maximum absolute atomic E-state index is 9.17. The zero-order valence-corrected chi connectivity index (χ0v) is 12.0. The molecule has 1 aliphatic rings. The van der Waals surface area contributed by atoms with Gasteiger partial charge in [0.15, 0.2) is 0 Å². The SMILES string of the molecule is CSc1nc(N2CCOCC2)nc(SC)c1C#N. The fourth-order valence-electron chi connectivity index (χ4n) is 1.71. The molecule has 2 heterocycles. The van der Waals surface area contributed by atoms with Gasteiger partial charge in [-0.25, -0.2) is 9.97 Å². The Hall–Kier alpha value is -0.970. The van der Waals surface area contributed by atoms with Crippen LogP contribution in [-0.4, -0.2) is 48.8 Å². The van der Waals surface area contributed by atoms with Crippen molar-refractivity contribution >= 4 is 29.5 Å². The molecule has 5 nitrogen and oxygen atoms in total. The Morgan fingerprint density at radius 1 is 1.17 bits per heavy atom. The number of hydrogen-bond acceptors (Lipinski definition) is 7. The maximum Gasteiger partial charge on any atom is 0.227 e. The van der Waals surface area contributed by atoms with E-state index in [4.69, 9.17) is 4.74 Å². The number of rotatable bonds is 3. The molecule has 1 fully saturated rings. The number of ether oxygens (including phenoxy) is 1. The van der Waals surface area contributed by atoms with E-state index in [1.54, 1.807) is 0 Å². The van der Waals surface area contributed by atoms with E-state index < -0.39 is 0 Å². The molecule has 0 saturated carbocycles. The van der Waals surface area contributed by atoms with Crippen molar-refractivity contribution in [2.24, 2.45) is 0 Å². The van der Waals surface area contributed by atoms with Crippen molar-refractivity contribution in [1.29, 1.82) is 5.26 Å². The fraction of sp³-hybridized carbons (Fsp3) is 0.545. The van der Waals surface area contributed by atoms with Crippen LogP contribution in [0.3, 0.4) is 0 Å². The summed E-state index contributed by atoms with van der Waals surface area (Å²) in [6, 6.07) is 2.19. The predicted molar refractivity (Wildman–Crippen MR) is 73.3 cm³/mol. The van der Waals surface area contributed by atoms with Crippen LogP contribution in [0.4, 0.5) is 5.95 Å². The number of anilines is 1. The van der Waals surface area contributed by atoms with Crippen LogP contribution in [-0.2, 0) is 4.74 Å². The van der Waals surface area contributed by atoms with Crippen LogP contribution in [0.1, 0.15) is 5.56 Å². The lowest BCUT2D eigenvalue weighted by Gasteiger charge is -2.27.